The third-order valence-corrected chi connectivity index (χ3v) is 8.08. The molecule has 0 radical (unpaired) electrons. The monoisotopic (exact) mass is 436 g/mol. The van der Waals surface area contributed by atoms with Crippen LogP contribution in [0.5, 0.6) is 5.75 Å². The van der Waals surface area contributed by atoms with Crippen LogP contribution >= 0.6 is 0 Å². The number of piperazine rings is 1. The van der Waals surface area contributed by atoms with Crippen molar-refractivity contribution in [3.8, 4) is 5.75 Å². The van der Waals surface area contributed by atoms with Crippen molar-refractivity contribution in [2.45, 2.75) is 37.6 Å². The highest BCUT2D eigenvalue weighted by molar-refractivity contribution is 7.82. The van der Waals surface area contributed by atoms with Crippen molar-refractivity contribution in [1.82, 2.24) is 19.0 Å². The fourth-order valence-electron chi connectivity index (χ4n) is 4.41. The molecule has 0 N–H and O–H groups in total. The Hall–Kier alpha value is -1.48. The summed E-state index contributed by atoms with van der Waals surface area (Å²) in [6, 6.07) is 4.29. The first kappa shape index (κ1) is 23.2. The van der Waals surface area contributed by atoms with Gasteiger partial charge in [0.15, 0.2) is 0 Å². The van der Waals surface area contributed by atoms with E-state index in [9.17, 15) is 9.00 Å². The van der Waals surface area contributed by atoms with Gasteiger partial charge in [-0.15, -0.1) is 0 Å². The molecule has 0 aliphatic carbocycles. The molecule has 0 saturated carbocycles. The van der Waals surface area contributed by atoms with Crippen molar-refractivity contribution < 1.29 is 13.7 Å². The Morgan fingerprint density at radius 3 is 2.40 bits per heavy atom. The highest BCUT2D eigenvalue weighted by Gasteiger charge is 2.31. The van der Waals surface area contributed by atoms with Gasteiger partial charge in [-0.3, -0.25) is 9.69 Å². The zero-order valence-corrected chi connectivity index (χ0v) is 19.8. The van der Waals surface area contributed by atoms with E-state index in [2.05, 4.69) is 16.8 Å². The summed E-state index contributed by atoms with van der Waals surface area (Å²) in [5, 5.41) is 0. The number of likely N-dealkylation sites (tertiary alicyclic amines) is 1. The van der Waals surface area contributed by atoms with Crippen molar-refractivity contribution in [2.75, 3.05) is 67.0 Å². The Labute approximate surface area is 183 Å². The summed E-state index contributed by atoms with van der Waals surface area (Å²) in [6.45, 7) is 10.4. The molecule has 2 saturated heterocycles. The van der Waals surface area contributed by atoms with Gasteiger partial charge in [0.05, 0.1) is 12.0 Å². The predicted molar refractivity (Wildman–Crippen MR) is 120 cm³/mol. The number of aryl methyl sites for hydroxylation is 2. The molecular formula is C22H36N4O3S. The number of ether oxygens (including phenoxy) is 1. The Bertz CT molecular complexity index is 757. The van der Waals surface area contributed by atoms with Crippen LogP contribution in [0.1, 0.15) is 24.0 Å². The normalized spacial score (nSPS) is 21.9. The van der Waals surface area contributed by atoms with E-state index < -0.39 is 11.0 Å². The van der Waals surface area contributed by atoms with E-state index in [1.807, 2.05) is 37.9 Å². The molecule has 3 rings (SSSR count). The fourth-order valence-corrected chi connectivity index (χ4v) is 5.64. The minimum atomic E-state index is -1.30. The number of hydrogen-bond acceptors (Lipinski definition) is 5. The van der Waals surface area contributed by atoms with Crippen LogP contribution in [0.2, 0.25) is 0 Å². The summed E-state index contributed by atoms with van der Waals surface area (Å²) in [5.41, 5.74) is 1.89. The highest BCUT2D eigenvalue weighted by Crippen LogP contribution is 2.26. The number of carbonyl (C=O) groups is 1. The minimum Gasteiger partial charge on any atom is -0.497 e. The van der Waals surface area contributed by atoms with Crippen LogP contribution < -0.4 is 4.74 Å². The summed E-state index contributed by atoms with van der Waals surface area (Å²) < 4.78 is 20.1. The molecule has 1 amide bonds. The predicted octanol–water partition coefficient (Wildman–Crippen LogP) is 1.50. The first-order chi connectivity index (χ1) is 14.3. The van der Waals surface area contributed by atoms with Gasteiger partial charge in [0, 0.05) is 65.3 Å². The molecule has 2 fully saturated rings. The van der Waals surface area contributed by atoms with Gasteiger partial charge in [0.25, 0.3) is 0 Å². The molecule has 1 aromatic carbocycles. The van der Waals surface area contributed by atoms with E-state index in [1.165, 1.54) is 0 Å². The van der Waals surface area contributed by atoms with Gasteiger partial charge in [-0.05, 0) is 50.6 Å². The lowest BCUT2D eigenvalue weighted by Gasteiger charge is -2.36. The van der Waals surface area contributed by atoms with Crippen LogP contribution in [0.4, 0.5) is 0 Å². The molecule has 2 aliphatic heterocycles. The quantitative estimate of drug-likeness (QED) is 0.649. The van der Waals surface area contributed by atoms with E-state index in [4.69, 9.17) is 4.74 Å². The van der Waals surface area contributed by atoms with Gasteiger partial charge < -0.3 is 14.5 Å². The standard InChI is InChI=1S/C22H36N4O3S/c1-17-14-20(29-5)15-18(2)22(17)30(28)24(4)8-7-21(27)26-9-6-19(16-26)25-12-10-23(3)11-13-25/h14-15,19H,6-13,16H2,1-5H3. The van der Waals surface area contributed by atoms with E-state index in [0.29, 0.717) is 19.0 Å². The number of likely N-dealkylation sites (N-methyl/N-ethyl adjacent to an activating group) is 1. The van der Waals surface area contributed by atoms with Gasteiger partial charge >= 0.3 is 0 Å². The summed E-state index contributed by atoms with van der Waals surface area (Å²) in [5.74, 6) is 0.936. The number of nitrogens with zero attached hydrogens (tertiary/aromatic N) is 4. The Kier molecular flexibility index (Phi) is 7.90. The molecule has 30 heavy (non-hydrogen) atoms. The van der Waals surface area contributed by atoms with Gasteiger partial charge in [0.1, 0.15) is 16.7 Å². The van der Waals surface area contributed by atoms with Crippen molar-refractivity contribution >= 4 is 16.9 Å². The van der Waals surface area contributed by atoms with Crippen LogP contribution in [0.3, 0.4) is 0 Å². The largest absolute Gasteiger partial charge is 0.497 e. The van der Waals surface area contributed by atoms with Gasteiger partial charge in [0.2, 0.25) is 5.91 Å². The zero-order valence-electron chi connectivity index (χ0n) is 19.0. The fraction of sp³-hybridized carbons (Fsp3) is 0.682. The lowest BCUT2D eigenvalue weighted by molar-refractivity contribution is -0.130. The Morgan fingerprint density at radius 1 is 1.17 bits per heavy atom. The van der Waals surface area contributed by atoms with E-state index in [1.54, 1.807) is 11.4 Å². The molecule has 2 atom stereocenters. The Morgan fingerprint density at radius 2 is 1.80 bits per heavy atom. The number of rotatable bonds is 7. The third-order valence-electron chi connectivity index (χ3n) is 6.34. The minimum absolute atomic E-state index is 0.165. The topological polar surface area (TPSA) is 56.3 Å². The summed E-state index contributed by atoms with van der Waals surface area (Å²) in [6.07, 6.45) is 1.45. The van der Waals surface area contributed by atoms with Crippen molar-refractivity contribution in [1.29, 1.82) is 0 Å². The molecule has 2 heterocycles. The molecule has 168 valence electrons. The molecule has 2 aliphatic rings. The van der Waals surface area contributed by atoms with Crippen LogP contribution in [0.15, 0.2) is 17.0 Å². The lowest BCUT2D eigenvalue weighted by atomic mass is 10.1. The van der Waals surface area contributed by atoms with Crippen molar-refractivity contribution in [3.63, 3.8) is 0 Å². The third kappa shape index (κ3) is 5.41. The molecule has 8 heteroatoms. The summed E-state index contributed by atoms with van der Waals surface area (Å²) >= 11 is 0. The van der Waals surface area contributed by atoms with Crippen molar-refractivity contribution in [2.24, 2.45) is 0 Å². The van der Waals surface area contributed by atoms with Gasteiger partial charge in [-0.25, -0.2) is 8.51 Å². The first-order valence-electron chi connectivity index (χ1n) is 10.8. The molecule has 1 aromatic rings. The maximum absolute atomic E-state index is 13.1. The number of benzene rings is 1. The van der Waals surface area contributed by atoms with Crippen LogP contribution in [-0.2, 0) is 15.8 Å². The van der Waals surface area contributed by atoms with E-state index in [-0.39, 0.29) is 5.91 Å². The average Bonchev–Trinajstić information content (AvgIpc) is 3.21. The maximum atomic E-state index is 13.1. The summed E-state index contributed by atoms with van der Waals surface area (Å²) in [4.78, 5) is 20.5. The average molecular weight is 437 g/mol. The second-order valence-corrected chi connectivity index (χ2v) is 10.1. The van der Waals surface area contributed by atoms with Crippen LogP contribution in [0, 0.1) is 13.8 Å². The second kappa shape index (κ2) is 10.2. The van der Waals surface area contributed by atoms with E-state index >= 15 is 0 Å². The second-order valence-electron chi connectivity index (χ2n) is 8.56. The summed E-state index contributed by atoms with van der Waals surface area (Å²) in [7, 11) is 4.32. The Balaban J connectivity index is 1.50. The lowest BCUT2D eigenvalue weighted by Crippen LogP contribution is -2.50. The molecule has 0 aromatic heterocycles. The van der Waals surface area contributed by atoms with E-state index in [0.717, 1.165) is 67.5 Å². The molecular weight excluding hydrogens is 400 g/mol. The van der Waals surface area contributed by atoms with Crippen molar-refractivity contribution in [3.05, 3.63) is 23.3 Å². The number of carbonyl (C=O) groups excluding carboxylic acids is 1. The molecule has 0 spiro atoms. The maximum Gasteiger partial charge on any atom is 0.223 e. The first-order valence-corrected chi connectivity index (χ1v) is 11.9. The SMILES string of the molecule is COc1cc(C)c(S(=O)N(C)CCC(=O)N2CCC(N3CCN(C)CC3)C2)c(C)c1. The number of methoxy groups -OCH3 is 1. The molecule has 7 nitrogen and oxygen atoms in total. The molecule has 0 bridgehead atoms. The smallest absolute Gasteiger partial charge is 0.223 e. The highest BCUT2D eigenvalue weighted by atomic mass is 32.2. The zero-order chi connectivity index (χ0) is 21.8. The van der Waals surface area contributed by atoms with Crippen LogP contribution in [-0.4, -0.2) is 102 Å². The van der Waals surface area contributed by atoms with Gasteiger partial charge in [-0.2, -0.15) is 0 Å². The number of hydrogen-bond donors (Lipinski definition) is 0. The van der Waals surface area contributed by atoms with Gasteiger partial charge in [-0.1, -0.05) is 0 Å². The number of amides is 1. The van der Waals surface area contributed by atoms with Crippen LogP contribution in [0.25, 0.3) is 0 Å². The molecule has 2 unspecified atom stereocenters.